The van der Waals surface area contributed by atoms with Crippen LogP contribution in [0.3, 0.4) is 0 Å². The summed E-state index contributed by atoms with van der Waals surface area (Å²) < 4.78 is 24.7. The van der Waals surface area contributed by atoms with Gasteiger partial charge in [0.05, 0.1) is 11.7 Å². The Morgan fingerprint density at radius 2 is 2.29 bits per heavy atom. The normalized spacial score (nSPS) is 17.6. The van der Waals surface area contributed by atoms with Gasteiger partial charge in [-0.05, 0) is 25.0 Å². The number of hydrogen-bond acceptors (Lipinski definition) is 5. The van der Waals surface area contributed by atoms with E-state index in [0.717, 1.165) is 19.4 Å². The molecule has 21 heavy (non-hydrogen) atoms. The Bertz CT molecular complexity index is 672. The largest absolute Gasteiger partial charge is 0.419 e. The summed E-state index contributed by atoms with van der Waals surface area (Å²) in [5.41, 5.74) is 0.352. The number of benzene rings is 1. The molecule has 1 saturated heterocycles. The van der Waals surface area contributed by atoms with Crippen LogP contribution in [0.15, 0.2) is 28.7 Å². The number of nitrogens with one attached hydrogen (secondary N) is 1. The van der Waals surface area contributed by atoms with Crippen LogP contribution < -0.4 is 5.32 Å². The highest BCUT2D eigenvalue weighted by Gasteiger charge is 2.20. The molecule has 1 N–H and O–H groups in total. The first-order valence-electron chi connectivity index (χ1n) is 6.79. The first kappa shape index (κ1) is 13.6. The van der Waals surface area contributed by atoms with Crippen molar-refractivity contribution in [3.63, 3.8) is 0 Å². The number of oxazole rings is 1. The van der Waals surface area contributed by atoms with Crippen molar-refractivity contribution in [1.29, 1.82) is 5.26 Å². The van der Waals surface area contributed by atoms with Gasteiger partial charge in [-0.25, -0.2) is 4.39 Å². The molecule has 6 heteroatoms. The molecule has 108 valence electrons. The number of rotatable bonds is 4. The SMILES string of the molecule is N#Cc1nc(-c2ccccc2F)oc1NCC1CCCO1. The van der Waals surface area contributed by atoms with Crippen LogP contribution in [0.1, 0.15) is 18.5 Å². The highest BCUT2D eigenvalue weighted by Crippen LogP contribution is 2.27. The Hall–Kier alpha value is -2.39. The van der Waals surface area contributed by atoms with E-state index in [1.54, 1.807) is 18.2 Å². The molecule has 1 aliphatic heterocycles. The average molecular weight is 287 g/mol. The number of nitriles is 1. The van der Waals surface area contributed by atoms with Gasteiger partial charge in [0.25, 0.3) is 0 Å². The zero-order chi connectivity index (χ0) is 14.7. The fraction of sp³-hybridized carbons (Fsp3) is 0.333. The first-order chi connectivity index (χ1) is 10.3. The highest BCUT2D eigenvalue weighted by atomic mass is 19.1. The van der Waals surface area contributed by atoms with Crippen LogP contribution in [0, 0.1) is 17.1 Å². The fourth-order valence-corrected chi connectivity index (χ4v) is 2.28. The maximum atomic E-state index is 13.7. The second kappa shape index (κ2) is 5.94. The smallest absolute Gasteiger partial charge is 0.233 e. The maximum Gasteiger partial charge on any atom is 0.233 e. The quantitative estimate of drug-likeness (QED) is 0.936. The van der Waals surface area contributed by atoms with Crippen molar-refractivity contribution >= 4 is 5.88 Å². The van der Waals surface area contributed by atoms with Gasteiger partial charge in [-0.1, -0.05) is 12.1 Å². The number of hydrogen-bond donors (Lipinski definition) is 1. The number of halogens is 1. The van der Waals surface area contributed by atoms with E-state index in [4.69, 9.17) is 14.4 Å². The predicted octanol–water partition coefficient (Wildman–Crippen LogP) is 2.94. The van der Waals surface area contributed by atoms with E-state index in [-0.39, 0.29) is 29.1 Å². The minimum absolute atomic E-state index is 0.0968. The average Bonchev–Trinajstić information content (AvgIpc) is 3.14. The monoisotopic (exact) mass is 287 g/mol. The third-order valence-electron chi connectivity index (χ3n) is 3.35. The van der Waals surface area contributed by atoms with Gasteiger partial charge in [0.15, 0.2) is 0 Å². The summed E-state index contributed by atoms with van der Waals surface area (Å²) in [6, 6.07) is 8.11. The first-order valence-corrected chi connectivity index (χ1v) is 6.79. The van der Waals surface area contributed by atoms with Crippen LogP contribution in [-0.2, 0) is 4.74 Å². The lowest BCUT2D eigenvalue weighted by atomic mass is 10.2. The highest BCUT2D eigenvalue weighted by molar-refractivity contribution is 5.59. The third kappa shape index (κ3) is 2.88. The van der Waals surface area contributed by atoms with Crippen molar-refractivity contribution in [3.8, 4) is 17.5 Å². The van der Waals surface area contributed by atoms with Crippen molar-refractivity contribution in [1.82, 2.24) is 4.98 Å². The molecule has 1 unspecified atom stereocenters. The molecule has 3 rings (SSSR count). The van der Waals surface area contributed by atoms with Gasteiger partial charge in [-0.3, -0.25) is 0 Å². The van der Waals surface area contributed by atoms with Crippen LogP contribution in [0.2, 0.25) is 0 Å². The zero-order valence-corrected chi connectivity index (χ0v) is 11.3. The minimum atomic E-state index is -0.436. The van der Waals surface area contributed by atoms with Crippen molar-refractivity contribution in [2.75, 3.05) is 18.5 Å². The molecule has 5 nitrogen and oxygen atoms in total. The van der Waals surface area contributed by atoms with Crippen LogP contribution in [0.25, 0.3) is 11.5 Å². The van der Waals surface area contributed by atoms with Gasteiger partial charge >= 0.3 is 0 Å². The Morgan fingerprint density at radius 3 is 3.00 bits per heavy atom. The van der Waals surface area contributed by atoms with E-state index in [2.05, 4.69) is 10.3 Å². The molecule has 1 atom stereocenters. The summed E-state index contributed by atoms with van der Waals surface area (Å²) >= 11 is 0. The van der Waals surface area contributed by atoms with Gasteiger partial charge in [0.2, 0.25) is 17.5 Å². The lowest BCUT2D eigenvalue weighted by molar-refractivity contribution is 0.120. The molecule has 0 aliphatic carbocycles. The molecule has 0 radical (unpaired) electrons. The lowest BCUT2D eigenvalue weighted by Crippen LogP contribution is -2.18. The molecular weight excluding hydrogens is 273 g/mol. The Balaban J connectivity index is 1.81. The fourth-order valence-electron chi connectivity index (χ4n) is 2.28. The molecular formula is C15H14FN3O2. The van der Waals surface area contributed by atoms with E-state index >= 15 is 0 Å². The van der Waals surface area contributed by atoms with Crippen LogP contribution in [0.4, 0.5) is 10.3 Å². The summed E-state index contributed by atoms with van der Waals surface area (Å²) in [4.78, 5) is 4.03. The van der Waals surface area contributed by atoms with Gasteiger partial charge < -0.3 is 14.5 Å². The molecule has 0 bridgehead atoms. The van der Waals surface area contributed by atoms with Crippen molar-refractivity contribution in [3.05, 3.63) is 35.8 Å². The second-order valence-electron chi connectivity index (χ2n) is 4.80. The minimum Gasteiger partial charge on any atom is -0.419 e. The summed E-state index contributed by atoms with van der Waals surface area (Å²) in [5, 5.41) is 12.1. The van der Waals surface area contributed by atoms with Crippen molar-refractivity contribution in [2.24, 2.45) is 0 Å². The van der Waals surface area contributed by atoms with Crippen LogP contribution in [-0.4, -0.2) is 24.2 Å². The molecule has 0 saturated carbocycles. The molecule has 0 spiro atoms. The Kier molecular flexibility index (Phi) is 3.84. The second-order valence-corrected chi connectivity index (χ2v) is 4.80. The molecule has 1 aromatic carbocycles. The van der Waals surface area contributed by atoms with Crippen LogP contribution in [0.5, 0.6) is 0 Å². The Labute approximate surface area is 121 Å². The van der Waals surface area contributed by atoms with Gasteiger partial charge in [0, 0.05) is 13.2 Å². The molecule has 0 amide bonds. The zero-order valence-electron chi connectivity index (χ0n) is 11.3. The van der Waals surface area contributed by atoms with Gasteiger partial charge in [-0.2, -0.15) is 10.2 Å². The molecule has 2 heterocycles. The summed E-state index contributed by atoms with van der Waals surface area (Å²) in [6.45, 7) is 1.30. The lowest BCUT2D eigenvalue weighted by Gasteiger charge is -2.09. The molecule has 1 aliphatic rings. The van der Waals surface area contributed by atoms with Gasteiger partial charge in [0.1, 0.15) is 11.9 Å². The topological polar surface area (TPSA) is 71.1 Å². The van der Waals surface area contributed by atoms with E-state index < -0.39 is 5.82 Å². The number of nitrogens with zero attached hydrogens (tertiary/aromatic N) is 2. The van der Waals surface area contributed by atoms with Crippen LogP contribution >= 0.6 is 0 Å². The Morgan fingerprint density at radius 1 is 1.43 bits per heavy atom. The summed E-state index contributed by atoms with van der Waals surface area (Å²) in [5.74, 6) is -0.0836. The predicted molar refractivity (Wildman–Crippen MR) is 74.1 cm³/mol. The number of anilines is 1. The van der Waals surface area contributed by atoms with E-state index in [1.807, 2.05) is 6.07 Å². The molecule has 2 aromatic rings. The molecule has 1 aromatic heterocycles. The van der Waals surface area contributed by atoms with E-state index in [1.165, 1.54) is 6.07 Å². The van der Waals surface area contributed by atoms with Gasteiger partial charge in [-0.15, -0.1) is 0 Å². The third-order valence-corrected chi connectivity index (χ3v) is 3.35. The van der Waals surface area contributed by atoms with Crippen molar-refractivity contribution in [2.45, 2.75) is 18.9 Å². The summed E-state index contributed by atoms with van der Waals surface area (Å²) in [6.07, 6.45) is 2.12. The van der Waals surface area contributed by atoms with E-state index in [0.29, 0.717) is 6.54 Å². The van der Waals surface area contributed by atoms with E-state index in [9.17, 15) is 4.39 Å². The standard InChI is InChI=1S/C15H14FN3O2/c16-12-6-2-1-5-11(12)14-19-13(8-17)15(21-14)18-9-10-4-3-7-20-10/h1-2,5-6,10,18H,3-4,7,9H2. The number of ether oxygens (including phenoxy) is 1. The number of aromatic nitrogens is 1. The molecule has 1 fully saturated rings. The maximum absolute atomic E-state index is 13.7. The van der Waals surface area contributed by atoms with Crippen molar-refractivity contribution < 1.29 is 13.5 Å². The summed E-state index contributed by atoms with van der Waals surface area (Å²) in [7, 11) is 0.